The van der Waals surface area contributed by atoms with Crippen molar-refractivity contribution in [2.45, 2.75) is 19.3 Å². The molecule has 1 aliphatic heterocycles. The lowest BCUT2D eigenvalue weighted by molar-refractivity contribution is -0.129. The minimum atomic E-state index is -0.435. The molecular formula is C14H16FN3O. The first kappa shape index (κ1) is 13.3. The molecule has 0 atom stereocenters. The number of hydrogen-bond donors (Lipinski definition) is 1. The molecular weight excluding hydrogens is 245 g/mol. The number of hydrogen-bond acceptors (Lipinski definition) is 3. The Bertz CT molecular complexity index is 504. The maximum atomic E-state index is 12.9. The van der Waals surface area contributed by atoms with Crippen LogP contribution in [0.15, 0.2) is 18.2 Å². The SMILES string of the molecule is N#Cc1cc(F)ccc1NCCC(=O)N1CCCC1. The summed E-state index contributed by atoms with van der Waals surface area (Å²) in [5.41, 5.74) is 0.826. The van der Waals surface area contributed by atoms with Gasteiger partial charge in [0.2, 0.25) is 5.91 Å². The fraction of sp³-hybridized carbons (Fsp3) is 0.429. The molecule has 0 unspecified atom stereocenters. The molecule has 5 heteroatoms. The second-order valence-electron chi connectivity index (χ2n) is 4.57. The van der Waals surface area contributed by atoms with Gasteiger partial charge in [0, 0.05) is 26.1 Å². The Hall–Kier alpha value is -2.09. The van der Waals surface area contributed by atoms with E-state index in [-0.39, 0.29) is 11.5 Å². The molecule has 4 nitrogen and oxygen atoms in total. The van der Waals surface area contributed by atoms with Crippen molar-refractivity contribution in [3.05, 3.63) is 29.6 Å². The topological polar surface area (TPSA) is 56.1 Å². The van der Waals surface area contributed by atoms with Gasteiger partial charge in [-0.1, -0.05) is 0 Å². The van der Waals surface area contributed by atoms with E-state index < -0.39 is 5.82 Å². The molecule has 0 radical (unpaired) electrons. The highest BCUT2D eigenvalue weighted by molar-refractivity contribution is 5.77. The number of benzene rings is 1. The molecule has 1 aliphatic rings. The summed E-state index contributed by atoms with van der Waals surface area (Å²) in [6.07, 6.45) is 2.55. The van der Waals surface area contributed by atoms with Gasteiger partial charge >= 0.3 is 0 Å². The Morgan fingerprint density at radius 1 is 1.42 bits per heavy atom. The normalized spacial score (nSPS) is 14.2. The molecule has 0 aromatic heterocycles. The predicted octanol–water partition coefficient (Wildman–Crippen LogP) is 2.12. The number of anilines is 1. The zero-order valence-corrected chi connectivity index (χ0v) is 10.7. The molecule has 1 aromatic carbocycles. The fourth-order valence-electron chi connectivity index (χ4n) is 2.19. The standard InChI is InChI=1S/C14H16FN3O/c15-12-3-4-13(11(9-12)10-16)17-6-5-14(19)18-7-1-2-8-18/h3-4,9,17H,1-2,5-8H2. The number of likely N-dealkylation sites (tertiary alicyclic amines) is 1. The number of nitrogens with zero attached hydrogens (tertiary/aromatic N) is 2. The molecule has 1 N–H and O–H groups in total. The maximum Gasteiger partial charge on any atom is 0.224 e. The van der Waals surface area contributed by atoms with Crippen molar-refractivity contribution in [3.63, 3.8) is 0 Å². The van der Waals surface area contributed by atoms with E-state index >= 15 is 0 Å². The summed E-state index contributed by atoms with van der Waals surface area (Å²) in [5.74, 6) is -0.305. The van der Waals surface area contributed by atoms with E-state index in [9.17, 15) is 9.18 Å². The van der Waals surface area contributed by atoms with Gasteiger partial charge in [-0.25, -0.2) is 4.39 Å². The van der Waals surface area contributed by atoms with Gasteiger partial charge in [-0.3, -0.25) is 4.79 Å². The zero-order chi connectivity index (χ0) is 13.7. The van der Waals surface area contributed by atoms with Crippen LogP contribution in [0.25, 0.3) is 0 Å². The molecule has 2 rings (SSSR count). The number of nitrogens with one attached hydrogen (secondary N) is 1. The van der Waals surface area contributed by atoms with Gasteiger partial charge in [0.1, 0.15) is 11.9 Å². The highest BCUT2D eigenvalue weighted by Crippen LogP contribution is 2.16. The Labute approximate surface area is 111 Å². The Morgan fingerprint density at radius 2 is 2.16 bits per heavy atom. The lowest BCUT2D eigenvalue weighted by Gasteiger charge is -2.15. The molecule has 19 heavy (non-hydrogen) atoms. The van der Waals surface area contributed by atoms with Crippen molar-refractivity contribution in [2.75, 3.05) is 25.0 Å². The molecule has 0 saturated carbocycles. The maximum absolute atomic E-state index is 12.9. The summed E-state index contributed by atoms with van der Waals surface area (Å²) in [4.78, 5) is 13.7. The number of amides is 1. The average Bonchev–Trinajstić information content (AvgIpc) is 2.94. The molecule has 1 amide bonds. The van der Waals surface area contributed by atoms with Gasteiger partial charge in [0.25, 0.3) is 0 Å². The predicted molar refractivity (Wildman–Crippen MR) is 70.0 cm³/mol. The van der Waals surface area contributed by atoms with E-state index in [1.165, 1.54) is 18.2 Å². The summed E-state index contributed by atoms with van der Waals surface area (Å²) in [6.45, 7) is 2.15. The number of rotatable bonds is 4. The van der Waals surface area contributed by atoms with E-state index in [0.29, 0.717) is 18.7 Å². The van der Waals surface area contributed by atoms with Crippen LogP contribution in [0.3, 0.4) is 0 Å². The number of nitriles is 1. The van der Waals surface area contributed by atoms with E-state index in [1.54, 1.807) is 0 Å². The molecule has 1 fully saturated rings. The molecule has 0 spiro atoms. The van der Waals surface area contributed by atoms with Crippen molar-refractivity contribution in [2.24, 2.45) is 0 Å². The first-order valence-electron chi connectivity index (χ1n) is 6.42. The summed E-state index contributed by atoms with van der Waals surface area (Å²) >= 11 is 0. The molecule has 1 saturated heterocycles. The number of carbonyl (C=O) groups is 1. The quantitative estimate of drug-likeness (QED) is 0.903. The third kappa shape index (κ3) is 3.44. The number of carbonyl (C=O) groups excluding carboxylic acids is 1. The van der Waals surface area contributed by atoms with Crippen LogP contribution in [-0.4, -0.2) is 30.4 Å². The van der Waals surface area contributed by atoms with Crippen LogP contribution in [-0.2, 0) is 4.79 Å². The Kier molecular flexibility index (Phi) is 4.35. The average molecular weight is 261 g/mol. The van der Waals surface area contributed by atoms with Gasteiger partial charge in [-0.2, -0.15) is 5.26 Å². The van der Waals surface area contributed by atoms with Crippen LogP contribution in [0.5, 0.6) is 0 Å². The second kappa shape index (κ2) is 6.19. The Morgan fingerprint density at radius 3 is 2.84 bits per heavy atom. The zero-order valence-electron chi connectivity index (χ0n) is 10.7. The number of halogens is 1. The second-order valence-corrected chi connectivity index (χ2v) is 4.57. The third-order valence-electron chi connectivity index (χ3n) is 3.22. The van der Waals surface area contributed by atoms with Crippen molar-refractivity contribution in [1.82, 2.24) is 4.90 Å². The van der Waals surface area contributed by atoms with Gasteiger partial charge < -0.3 is 10.2 Å². The largest absolute Gasteiger partial charge is 0.383 e. The minimum absolute atomic E-state index is 0.130. The summed E-state index contributed by atoms with van der Waals surface area (Å²) in [5, 5.41) is 11.9. The molecule has 1 heterocycles. The first-order valence-corrected chi connectivity index (χ1v) is 6.42. The first-order chi connectivity index (χ1) is 9.20. The minimum Gasteiger partial charge on any atom is -0.383 e. The van der Waals surface area contributed by atoms with Crippen molar-refractivity contribution < 1.29 is 9.18 Å². The summed E-state index contributed by atoms with van der Waals surface area (Å²) < 4.78 is 12.9. The third-order valence-corrected chi connectivity index (χ3v) is 3.22. The molecule has 0 bridgehead atoms. The van der Waals surface area contributed by atoms with Gasteiger partial charge in [0.15, 0.2) is 0 Å². The lowest BCUT2D eigenvalue weighted by Crippen LogP contribution is -2.29. The van der Waals surface area contributed by atoms with Crippen LogP contribution in [0.1, 0.15) is 24.8 Å². The highest BCUT2D eigenvalue weighted by atomic mass is 19.1. The van der Waals surface area contributed by atoms with Crippen LogP contribution in [0.4, 0.5) is 10.1 Å². The van der Waals surface area contributed by atoms with Crippen LogP contribution in [0.2, 0.25) is 0 Å². The molecule has 100 valence electrons. The van der Waals surface area contributed by atoms with Gasteiger partial charge in [-0.15, -0.1) is 0 Å². The van der Waals surface area contributed by atoms with Gasteiger partial charge in [0.05, 0.1) is 11.3 Å². The molecule has 1 aromatic rings. The molecule has 0 aliphatic carbocycles. The summed E-state index contributed by atoms with van der Waals surface area (Å²) in [7, 11) is 0. The van der Waals surface area contributed by atoms with E-state index in [0.717, 1.165) is 25.9 Å². The lowest BCUT2D eigenvalue weighted by atomic mass is 10.2. The highest BCUT2D eigenvalue weighted by Gasteiger charge is 2.17. The van der Waals surface area contributed by atoms with E-state index in [4.69, 9.17) is 5.26 Å². The van der Waals surface area contributed by atoms with Crippen LogP contribution >= 0.6 is 0 Å². The fourth-order valence-corrected chi connectivity index (χ4v) is 2.19. The Balaban J connectivity index is 1.85. The van der Waals surface area contributed by atoms with Crippen LogP contribution < -0.4 is 5.32 Å². The van der Waals surface area contributed by atoms with E-state index in [1.807, 2.05) is 11.0 Å². The van der Waals surface area contributed by atoms with Crippen molar-refractivity contribution in [3.8, 4) is 6.07 Å². The van der Waals surface area contributed by atoms with Crippen molar-refractivity contribution in [1.29, 1.82) is 5.26 Å². The van der Waals surface area contributed by atoms with Crippen molar-refractivity contribution >= 4 is 11.6 Å². The van der Waals surface area contributed by atoms with E-state index in [2.05, 4.69) is 5.32 Å². The van der Waals surface area contributed by atoms with Gasteiger partial charge in [-0.05, 0) is 31.0 Å². The van der Waals surface area contributed by atoms with Crippen LogP contribution in [0, 0.1) is 17.1 Å². The monoisotopic (exact) mass is 261 g/mol. The smallest absolute Gasteiger partial charge is 0.224 e. The summed E-state index contributed by atoms with van der Waals surface area (Å²) in [6, 6.07) is 5.94.